The fourth-order valence-electron chi connectivity index (χ4n) is 4.43. The minimum atomic E-state index is 0. The van der Waals surface area contributed by atoms with Crippen LogP contribution in [0.1, 0.15) is 69.1 Å². The van der Waals surface area contributed by atoms with E-state index in [0.29, 0.717) is 12.5 Å². The Kier molecular flexibility index (Phi) is 9.22. The van der Waals surface area contributed by atoms with Crippen LogP contribution in [0.25, 0.3) is 0 Å². The van der Waals surface area contributed by atoms with Gasteiger partial charge in [0.25, 0.3) is 0 Å². The first-order valence-corrected chi connectivity index (χ1v) is 11.8. The summed E-state index contributed by atoms with van der Waals surface area (Å²) in [5.74, 6) is 4.76. The highest BCUT2D eigenvalue weighted by molar-refractivity contribution is 14.0. The average molecular weight is 569 g/mol. The van der Waals surface area contributed by atoms with Gasteiger partial charge in [0, 0.05) is 37.5 Å². The monoisotopic (exact) mass is 568 g/mol. The van der Waals surface area contributed by atoms with E-state index in [9.17, 15) is 0 Å². The third-order valence-corrected chi connectivity index (χ3v) is 6.27. The number of rotatable bonds is 7. The summed E-state index contributed by atoms with van der Waals surface area (Å²) in [5, 5.41) is 11.7. The predicted octanol–water partition coefficient (Wildman–Crippen LogP) is 4.03. The number of nitrogens with one attached hydrogen (secondary N) is 2. The summed E-state index contributed by atoms with van der Waals surface area (Å²) >= 11 is 0. The molecule has 0 saturated heterocycles. The molecule has 0 radical (unpaired) electrons. The maximum Gasteiger partial charge on any atom is 0.191 e. The summed E-state index contributed by atoms with van der Waals surface area (Å²) < 4.78 is 14.0. The van der Waals surface area contributed by atoms with Gasteiger partial charge in [-0.2, -0.15) is 5.10 Å². The summed E-state index contributed by atoms with van der Waals surface area (Å²) in [5.41, 5.74) is 1.07. The van der Waals surface area contributed by atoms with Crippen LogP contribution < -0.4 is 20.1 Å². The van der Waals surface area contributed by atoms with Crippen molar-refractivity contribution in [2.24, 2.45) is 4.99 Å². The average Bonchev–Trinajstić information content (AvgIpc) is 3.46. The van der Waals surface area contributed by atoms with E-state index in [1.54, 1.807) is 14.2 Å². The quantitative estimate of drug-likeness (QED) is 0.298. The Morgan fingerprint density at radius 3 is 2.73 bits per heavy atom. The number of hydrogen-bond donors (Lipinski definition) is 2. The zero-order valence-corrected chi connectivity index (χ0v) is 22.5. The fourth-order valence-corrected chi connectivity index (χ4v) is 4.43. The standard InChI is InChI=1S/C24H36N6O2.HI/c1-16(2)23-28-21-13-12-18(15-30(21)29-23)27-24(25-3)26-14-17-8-7-11-20(31-4)22(17)32-19-9-5-6-10-19;/h7-8,11,16,18-19H,5-6,9-10,12-15H2,1-4H3,(H2,25,26,27);1H. The van der Waals surface area contributed by atoms with Crippen molar-refractivity contribution in [3.63, 3.8) is 0 Å². The summed E-state index contributed by atoms with van der Waals surface area (Å²) in [6, 6.07) is 6.31. The molecule has 0 bridgehead atoms. The van der Waals surface area contributed by atoms with Gasteiger partial charge in [-0.25, -0.2) is 9.67 Å². The molecule has 1 unspecified atom stereocenters. The number of aromatic nitrogens is 3. The summed E-state index contributed by atoms with van der Waals surface area (Å²) in [6.45, 7) is 5.67. The molecule has 1 aliphatic heterocycles. The molecule has 33 heavy (non-hydrogen) atoms. The second-order valence-corrected chi connectivity index (χ2v) is 9.00. The van der Waals surface area contributed by atoms with Crippen LogP contribution in [0.2, 0.25) is 0 Å². The number of fused-ring (bicyclic) bond motifs is 1. The van der Waals surface area contributed by atoms with Crippen molar-refractivity contribution >= 4 is 29.9 Å². The molecular weight excluding hydrogens is 531 g/mol. The van der Waals surface area contributed by atoms with Crippen LogP contribution in [-0.4, -0.2) is 47.0 Å². The van der Waals surface area contributed by atoms with Gasteiger partial charge in [-0.15, -0.1) is 24.0 Å². The molecule has 1 aliphatic carbocycles. The summed E-state index contributed by atoms with van der Waals surface area (Å²) in [6.07, 6.45) is 6.89. The summed E-state index contributed by atoms with van der Waals surface area (Å²) in [7, 11) is 3.50. The lowest BCUT2D eigenvalue weighted by Crippen LogP contribution is -2.46. The number of aliphatic imine (C=N–C) groups is 1. The molecule has 1 atom stereocenters. The number of aryl methyl sites for hydroxylation is 1. The molecule has 2 heterocycles. The van der Waals surface area contributed by atoms with Gasteiger partial charge in [-0.3, -0.25) is 4.99 Å². The number of methoxy groups -OCH3 is 1. The van der Waals surface area contributed by atoms with Gasteiger partial charge in [0.05, 0.1) is 19.8 Å². The van der Waals surface area contributed by atoms with E-state index >= 15 is 0 Å². The van der Waals surface area contributed by atoms with E-state index in [1.807, 2.05) is 16.8 Å². The zero-order chi connectivity index (χ0) is 22.5. The normalized spacial score (nSPS) is 18.6. The van der Waals surface area contributed by atoms with Gasteiger partial charge in [0.15, 0.2) is 23.3 Å². The van der Waals surface area contributed by atoms with Crippen molar-refractivity contribution < 1.29 is 9.47 Å². The molecule has 1 aromatic heterocycles. The van der Waals surface area contributed by atoms with Crippen LogP contribution in [0.15, 0.2) is 23.2 Å². The fraction of sp³-hybridized carbons (Fsp3) is 0.625. The van der Waals surface area contributed by atoms with Crippen molar-refractivity contribution in [1.29, 1.82) is 0 Å². The number of ether oxygens (including phenoxy) is 2. The van der Waals surface area contributed by atoms with E-state index in [4.69, 9.17) is 9.47 Å². The van der Waals surface area contributed by atoms with Crippen molar-refractivity contribution in [2.75, 3.05) is 14.2 Å². The topological polar surface area (TPSA) is 85.6 Å². The Morgan fingerprint density at radius 2 is 2.03 bits per heavy atom. The molecule has 2 N–H and O–H groups in total. The molecule has 8 nitrogen and oxygen atoms in total. The highest BCUT2D eigenvalue weighted by Crippen LogP contribution is 2.34. The Morgan fingerprint density at radius 1 is 1.24 bits per heavy atom. The van der Waals surface area contributed by atoms with E-state index < -0.39 is 0 Å². The number of hydrogen-bond acceptors (Lipinski definition) is 5. The smallest absolute Gasteiger partial charge is 0.191 e. The van der Waals surface area contributed by atoms with Gasteiger partial charge >= 0.3 is 0 Å². The third kappa shape index (κ3) is 6.30. The molecule has 2 aliphatic rings. The molecule has 4 rings (SSSR count). The lowest BCUT2D eigenvalue weighted by molar-refractivity contribution is 0.198. The number of benzene rings is 1. The van der Waals surface area contributed by atoms with E-state index in [2.05, 4.69) is 45.6 Å². The van der Waals surface area contributed by atoms with Gasteiger partial charge in [0.1, 0.15) is 5.82 Å². The van der Waals surface area contributed by atoms with Crippen LogP contribution in [0.5, 0.6) is 11.5 Å². The Bertz CT molecular complexity index is 939. The van der Waals surface area contributed by atoms with E-state index in [-0.39, 0.29) is 36.1 Å². The number of nitrogens with zero attached hydrogens (tertiary/aromatic N) is 4. The first-order chi connectivity index (χ1) is 15.6. The van der Waals surface area contributed by atoms with Crippen LogP contribution in [0.4, 0.5) is 0 Å². The molecule has 2 aromatic rings. The predicted molar refractivity (Wildman–Crippen MR) is 141 cm³/mol. The molecule has 1 fully saturated rings. The van der Waals surface area contributed by atoms with Crippen LogP contribution in [0.3, 0.4) is 0 Å². The van der Waals surface area contributed by atoms with E-state index in [1.165, 1.54) is 12.8 Å². The molecule has 0 spiro atoms. The lowest BCUT2D eigenvalue weighted by atomic mass is 10.1. The highest BCUT2D eigenvalue weighted by Gasteiger charge is 2.24. The second-order valence-electron chi connectivity index (χ2n) is 9.00. The molecule has 1 aromatic carbocycles. The van der Waals surface area contributed by atoms with Crippen LogP contribution in [0, 0.1) is 0 Å². The Labute approximate surface area is 214 Å². The maximum atomic E-state index is 6.36. The third-order valence-electron chi connectivity index (χ3n) is 6.27. The molecule has 182 valence electrons. The number of halogens is 1. The minimum absolute atomic E-state index is 0. The minimum Gasteiger partial charge on any atom is -0.493 e. The first kappa shape index (κ1) is 25.6. The number of para-hydroxylation sites is 1. The van der Waals surface area contributed by atoms with Crippen LogP contribution in [-0.2, 0) is 19.5 Å². The van der Waals surface area contributed by atoms with Crippen LogP contribution >= 0.6 is 24.0 Å². The summed E-state index contributed by atoms with van der Waals surface area (Å²) in [4.78, 5) is 9.12. The van der Waals surface area contributed by atoms with Crippen molar-refractivity contribution in [2.45, 2.75) is 83.5 Å². The molecule has 9 heteroatoms. The van der Waals surface area contributed by atoms with Gasteiger partial charge < -0.3 is 20.1 Å². The van der Waals surface area contributed by atoms with E-state index in [0.717, 1.165) is 66.9 Å². The highest BCUT2D eigenvalue weighted by atomic mass is 127. The second kappa shape index (κ2) is 11.9. The van der Waals surface area contributed by atoms with Gasteiger partial charge in [0.2, 0.25) is 0 Å². The first-order valence-electron chi connectivity index (χ1n) is 11.8. The Hall–Kier alpha value is -2.04. The lowest BCUT2D eigenvalue weighted by Gasteiger charge is -2.26. The number of guanidine groups is 1. The van der Waals surface area contributed by atoms with Gasteiger partial charge in [-0.05, 0) is 38.2 Å². The molecule has 1 saturated carbocycles. The largest absolute Gasteiger partial charge is 0.493 e. The Balaban J connectivity index is 0.00000306. The molecular formula is C24H37IN6O2. The maximum absolute atomic E-state index is 6.36. The van der Waals surface area contributed by atoms with Crippen molar-refractivity contribution in [3.05, 3.63) is 35.4 Å². The van der Waals surface area contributed by atoms with Crippen molar-refractivity contribution in [1.82, 2.24) is 25.4 Å². The van der Waals surface area contributed by atoms with Gasteiger partial charge in [-0.1, -0.05) is 26.0 Å². The zero-order valence-electron chi connectivity index (χ0n) is 20.1. The SMILES string of the molecule is CN=C(NCc1cccc(OC)c1OC1CCCC1)NC1CCc2nc(C(C)C)nn2C1.I. The van der Waals surface area contributed by atoms with Crippen molar-refractivity contribution in [3.8, 4) is 11.5 Å². The molecule has 0 amide bonds.